The van der Waals surface area contributed by atoms with E-state index in [4.69, 9.17) is 11.7 Å². The van der Waals surface area contributed by atoms with E-state index in [1.54, 1.807) is 0 Å². The number of nitrogens with two attached hydrogens (primary N) is 2. The SMILES string of the molecule is CCN(N)N.[H-].[H-].[H-].[H-].[Na+].[Na+].[Na+].[Na+]. The molecule has 0 aliphatic rings. The van der Waals surface area contributed by atoms with Gasteiger partial charge < -0.3 is 5.71 Å². The molecule has 7 heteroatoms. The van der Waals surface area contributed by atoms with E-state index in [9.17, 15) is 0 Å². The van der Waals surface area contributed by atoms with Crippen molar-refractivity contribution >= 4 is 0 Å². The summed E-state index contributed by atoms with van der Waals surface area (Å²) < 4.78 is 0. The Labute approximate surface area is 151 Å². The number of hydrogen-bond acceptors (Lipinski definition) is 3. The maximum atomic E-state index is 4.90. The molecule has 0 aromatic carbocycles. The molecule has 0 atom stereocenters. The van der Waals surface area contributed by atoms with Crippen molar-refractivity contribution < 1.29 is 124 Å². The van der Waals surface area contributed by atoms with E-state index in [1.807, 2.05) is 6.92 Å². The van der Waals surface area contributed by atoms with Crippen LogP contribution in [0.15, 0.2) is 0 Å². The van der Waals surface area contributed by atoms with Gasteiger partial charge in [0.1, 0.15) is 0 Å². The van der Waals surface area contributed by atoms with Gasteiger partial charge in [-0.25, -0.2) is 0 Å². The van der Waals surface area contributed by atoms with Crippen molar-refractivity contribution in [1.29, 1.82) is 0 Å². The standard InChI is InChI=1S/C2H9N3.4Na.4H/c1-2-5(3)4;;;;;;;;/h2-4H2,1H3;;;;;;;;/q;4*+1;4*-1. The van der Waals surface area contributed by atoms with E-state index in [1.165, 1.54) is 0 Å². The fourth-order valence-electron chi connectivity index (χ4n) is 0. The second-order valence-corrected chi connectivity index (χ2v) is 0.830. The van der Waals surface area contributed by atoms with Gasteiger partial charge in [-0.05, 0) is 6.92 Å². The van der Waals surface area contributed by atoms with Crippen molar-refractivity contribution in [3.63, 3.8) is 0 Å². The zero-order valence-corrected chi connectivity index (χ0v) is 15.3. The van der Waals surface area contributed by atoms with Crippen LogP contribution in [0.5, 0.6) is 0 Å². The average Bonchev–Trinajstić information content (AvgIpc) is 1.38. The normalized spacial score (nSPS) is 5.33. The Hall–Kier alpha value is 3.88. The molecule has 3 nitrogen and oxygen atoms in total. The van der Waals surface area contributed by atoms with Gasteiger partial charge in [-0.1, -0.05) is 0 Å². The minimum absolute atomic E-state index is 0. The number of hydrazine groups is 2. The second-order valence-electron chi connectivity index (χ2n) is 0.830. The zero-order valence-electron chi connectivity index (χ0n) is 11.3. The molecule has 4 N–H and O–H groups in total. The molecule has 0 aromatic rings. The third-order valence-corrected chi connectivity index (χ3v) is 0.365. The minimum Gasteiger partial charge on any atom is -1.00 e. The first-order chi connectivity index (χ1) is 2.27. The summed E-state index contributed by atoms with van der Waals surface area (Å²) in [5.74, 6) is 9.81. The zero-order chi connectivity index (χ0) is 4.28. The van der Waals surface area contributed by atoms with Gasteiger partial charge in [0, 0.05) is 6.54 Å². The Morgan fingerprint density at radius 2 is 1.22 bits per heavy atom. The van der Waals surface area contributed by atoms with Gasteiger partial charge in [0.05, 0.1) is 0 Å². The van der Waals surface area contributed by atoms with Crippen LogP contribution in [0.25, 0.3) is 0 Å². The van der Waals surface area contributed by atoms with Gasteiger partial charge >= 0.3 is 118 Å². The summed E-state index contributed by atoms with van der Waals surface area (Å²) in [6.07, 6.45) is 0. The van der Waals surface area contributed by atoms with E-state index in [-0.39, 0.29) is 124 Å². The fourth-order valence-corrected chi connectivity index (χ4v) is 0. The van der Waals surface area contributed by atoms with Crippen molar-refractivity contribution in [2.24, 2.45) is 11.7 Å². The quantitative estimate of drug-likeness (QED) is 0.234. The molecule has 0 aliphatic heterocycles. The minimum atomic E-state index is 0. The third kappa shape index (κ3) is 33.5. The summed E-state index contributed by atoms with van der Waals surface area (Å²) in [6, 6.07) is 0. The van der Waals surface area contributed by atoms with Gasteiger partial charge in [-0.2, -0.15) is 5.12 Å². The largest absolute Gasteiger partial charge is 1.00 e. The summed E-state index contributed by atoms with van der Waals surface area (Å²) in [4.78, 5) is 0. The van der Waals surface area contributed by atoms with Gasteiger partial charge in [0.25, 0.3) is 0 Å². The Morgan fingerprint density at radius 1 is 1.11 bits per heavy atom. The molecule has 0 fully saturated rings. The number of hydrogen-bond donors (Lipinski definition) is 2. The summed E-state index contributed by atoms with van der Waals surface area (Å²) in [7, 11) is 0. The Bertz CT molecular complexity index is 39.4. The molecule has 0 spiro atoms. The van der Waals surface area contributed by atoms with E-state index < -0.39 is 0 Å². The predicted octanol–water partition coefficient (Wildman–Crippen LogP) is -12.5. The Kier molecular flexibility index (Phi) is 73.7. The van der Waals surface area contributed by atoms with E-state index in [2.05, 4.69) is 0 Å². The third-order valence-electron chi connectivity index (χ3n) is 0.365. The first-order valence-electron chi connectivity index (χ1n) is 1.54. The van der Waals surface area contributed by atoms with Crippen LogP contribution in [0.1, 0.15) is 12.6 Å². The monoisotopic (exact) mass is 171 g/mol. The van der Waals surface area contributed by atoms with Crippen LogP contribution >= 0.6 is 0 Å². The molecule has 0 heterocycles. The van der Waals surface area contributed by atoms with Gasteiger partial charge in [-0.3, -0.25) is 11.7 Å². The molecule has 0 bridgehead atoms. The molecular weight excluding hydrogens is 158 g/mol. The van der Waals surface area contributed by atoms with Crippen molar-refractivity contribution in [3.05, 3.63) is 0 Å². The van der Waals surface area contributed by atoms with Crippen LogP contribution in [-0.2, 0) is 0 Å². The van der Waals surface area contributed by atoms with Crippen LogP contribution in [0.2, 0.25) is 0 Å². The molecule has 0 rings (SSSR count). The molecule has 0 aromatic heterocycles. The first kappa shape index (κ1) is 29.3. The van der Waals surface area contributed by atoms with Crippen molar-refractivity contribution in [1.82, 2.24) is 5.12 Å². The van der Waals surface area contributed by atoms with E-state index in [0.717, 1.165) is 5.12 Å². The summed E-state index contributed by atoms with van der Waals surface area (Å²) in [5, 5.41) is 1.12. The number of nitrogens with zero attached hydrogens (tertiary/aromatic N) is 1. The summed E-state index contributed by atoms with van der Waals surface area (Å²) in [5.41, 5.74) is 0. The summed E-state index contributed by atoms with van der Waals surface area (Å²) in [6.45, 7) is 2.57. The van der Waals surface area contributed by atoms with Crippen LogP contribution in [-0.4, -0.2) is 11.7 Å². The van der Waals surface area contributed by atoms with Crippen molar-refractivity contribution in [3.8, 4) is 0 Å². The molecule has 0 saturated carbocycles. The van der Waals surface area contributed by atoms with Crippen molar-refractivity contribution in [2.45, 2.75) is 6.92 Å². The fraction of sp³-hybridized carbons (Fsp3) is 1.00. The maximum Gasteiger partial charge on any atom is 1.00 e. The molecule has 0 saturated heterocycles. The molecule has 0 aliphatic carbocycles. The molecule has 40 valence electrons. The summed E-state index contributed by atoms with van der Waals surface area (Å²) >= 11 is 0. The first-order valence-corrected chi connectivity index (χ1v) is 1.54. The van der Waals surface area contributed by atoms with Crippen LogP contribution in [0.4, 0.5) is 0 Å². The van der Waals surface area contributed by atoms with Crippen molar-refractivity contribution in [2.75, 3.05) is 6.54 Å². The van der Waals surface area contributed by atoms with E-state index in [0.29, 0.717) is 6.54 Å². The smallest absolute Gasteiger partial charge is 1.00 e. The van der Waals surface area contributed by atoms with Gasteiger partial charge in [0.2, 0.25) is 0 Å². The second kappa shape index (κ2) is 22.6. The Balaban J connectivity index is -0.00000000286. The molecule has 0 radical (unpaired) electrons. The topological polar surface area (TPSA) is 55.3 Å². The van der Waals surface area contributed by atoms with Crippen LogP contribution in [0, 0.1) is 0 Å². The number of rotatable bonds is 1. The maximum absolute atomic E-state index is 4.90. The van der Waals surface area contributed by atoms with E-state index >= 15 is 0 Å². The predicted molar refractivity (Wildman–Crippen MR) is 25.2 cm³/mol. The Morgan fingerprint density at radius 3 is 1.22 bits per heavy atom. The molecule has 0 unspecified atom stereocenters. The van der Waals surface area contributed by atoms with Crippen LogP contribution < -0.4 is 130 Å². The van der Waals surface area contributed by atoms with Crippen LogP contribution in [0.3, 0.4) is 0 Å². The van der Waals surface area contributed by atoms with Gasteiger partial charge in [-0.15, -0.1) is 0 Å². The molecule has 9 heavy (non-hydrogen) atoms. The average molecular weight is 171 g/mol. The van der Waals surface area contributed by atoms with Gasteiger partial charge in [0.15, 0.2) is 0 Å². The molecule has 0 amide bonds. The molecular formula is C2H13N3Na4.